The average molecular weight is 196 g/mol. The lowest BCUT2D eigenvalue weighted by Gasteiger charge is -2.09. The number of aromatic nitrogens is 2. The number of ether oxygens (including phenoxy) is 1. The number of rotatable bonds is 3. The standard InChI is InChI=1S/C9H12N2O3/c1-3-6(2)14-9(13)7-4-10-5-8(12)11-7/h4-6H,3H2,1-2H3,(H,11,12). The Morgan fingerprint density at radius 2 is 2.36 bits per heavy atom. The first-order chi connectivity index (χ1) is 6.63. The zero-order chi connectivity index (χ0) is 10.6. The van der Waals surface area contributed by atoms with Crippen molar-refractivity contribution in [3.8, 4) is 0 Å². The summed E-state index contributed by atoms with van der Waals surface area (Å²) < 4.78 is 4.99. The molecule has 0 amide bonds. The molecule has 0 aliphatic rings. The quantitative estimate of drug-likeness (QED) is 0.723. The van der Waals surface area contributed by atoms with Gasteiger partial charge in [-0.15, -0.1) is 0 Å². The predicted octanol–water partition coefficient (Wildman–Crippen LogP) is 0.725. The third-order valence-corrected chi connectivity index (χ3v) is 1.76. The van der Waals surface area contributed by atoms with E-state index in [0.29, 0.717) is 0 Å². The molecule has 0 saturated heterocycles. The van der Waals surface area contributed by atoms with Gasteiger partial charge in [0.05, 0.1) is 18.5 Å². The largest absolute Gasteiger partial charge is 0.458 e. The molecule has 76 valence electrons. The molecule has 0 radical (unpaired) electrons. The van der Waals surface area contributed by atoms with Gasteiger partial charge in [0.25, 0.3) is 5.56 Å². The molecule has 1 aromatic heterocycles. The van der Waals surface area contributed by atoms with E-state index in [1.165, 1.54) is 6.20 Å². The smallest absolute Gasteiger partial charge is 0.356 e. The van der Waals surface area contributed by atoms with Gasteiger partial charge in [0.1, 0.15) is 5.69 Å². The predicted molar refractivity (Wildman–Crippen MR) is 50.0 cm³/mol. The van der Waals surface area contributed by atoms with Crippen molar-refractivity contribution in [1.29, 1.82) is 0 Å². The first-order valence-corrected chi connectivity index (χ1v) is 4.38. The lowest BCUT2D eigenvalue weighted by Crippen LogP contribution is -2.19. The molecule has 5 nitrogen and oxygen atoms in total. The third kappa shape index (κ3) is 2.69. The molecule has 0 fully saturated rings. The highest BCUT2D eigenvalue weighted by molar-refractivity contribution is 5.86. The minimum Gasteiger partial charge on any atom is -0.458 e. The van der Waals surface area contributed by atoms with Crippen molar-refractivity contribution in [2.75, 3.05) is 0 Å². The summed E-state index contributed by atoms with van der Waals surface area (Å²) in [5.41, 5.74) is -0.332. The summed E-state index contributed by atoms with van der Waals surface area (Å²) in [6, 6.07) is 0. The summed E-state index contributed by atoms with van der Waals surface area (Å²) in [6.45, 7) is 3.69. The molecule has 5 heteroatoms. The molecule has 0 spiro atoms. The van der Waals surface area contributed by atoms with Crippen molar-refractivity contribution >= 4 is 5.97 Å². The van der Waals surface area contributed by atoms with Gasteiger partial charge >= 0.3 is 5.97 Å². The molecule has 0 saturated carbocycles. The van der Waals surface area contributed by atoms with Crippen molar-refractivity contribution in [1.82, 2.24) is 9.97 Å². The molecule has 1 aromatic rings. The van der Waals surface area contributed by atoms with Crippen molar-refractivity contribution in [3.05, 3.63) is 28.4 Å². The topological polar surface area (TPSA) is 72.0 Å². The molecular weight excluding hydrogens is 184 g/mol. The summed E-state index contributed by atoms with van der Waals surface area (Å²) in [5.74, 6) is -0.551. The summed E-state index contributed by atoms with van der Waals surface area (Å²) in [7, 11) is 0. The van der Waals surface area contributed by atoms with Gasteiger partial charge < -0.3 is 9.72 Å². The summed E-state index contributed by atoms with van der Waals surface area (Å²) in [4.78, 5) is 28.1. The second kappa shape index (κ2) is 4.55. The average Bonchev–Trinajstić information content (AvgIpc) is 2.17. The van der Waals surface area contributed by atoms with Gasteiger partial charge in [-0.1, -0.05) is 6.92 Å². The van der Waals surface area contributed by atoms with Crippen LogP contribution in [0.25, 0.3) is 0 Å². The number of esters is 1. The lowest BCUT2D eigenvalue weighted by molar-refractivity contribution is 0.0326. The minimum absolute atomic E-state index is 0.0813. The van der Waals surface area contributed by atoms with Crippen LogP contribution in [0.3, 0.4) is 0 Å². The summed E-state index contributed by atoms with van der Waals surface area (Å²) in [6.07, 6.45) is 2.94. The van der Waals surface area contributed by atoms with E-state index in [1.54, 1.807) is 6.92 Å². The van der Waals surface area contributed by atoms with Crippen LogP contribution in [0.4, 0.5) is 0 Å². The van der Waals surface area contributed by atoms with Crippen LogP contribution < -0.4 is 5.56 Å². The van der Waals surface area contributed by atoms with E-state index in [9.17, 15) is 9.59 Å². The van der Waals surface area contributed by atoms with Crippen LogP contribution in [-0.2, 0) is 4.74 Å². The summed E-state index contributed by atoms with van der Waals surface area (Å²) >= 11 is 0. The van der Waals surface area contributed by atoms with E-state index in [2.05, 4.69) is 9.97 Å². The van der Waals surface area contributed by atoms with Crippen LogP contribution in [0.15, 0.2) is 17.2 Å². The van der Waals surface area contributed by atoms with Crippen molar-refractivity contribution in [3.63, 3.8) is 0 Å². The van der Waals surface area contributed by atoms with Crippen molar-refractivity contribution in [2.24, 2.45) is 0 Å². The number of hydrogen-bond donors (Lipinski definition) is 1. The van der Waals surface area contributed by atoms with Crippen LogP contribution in [-0.4, -0.2) is 22.0 Å². The second-order valence-corrected chi connectivity index (χ2v) is 2.93. The number of H-pyrrole nitrogens is 1. The lowest BCUT2D eigenvalue weighted by atomic mass is 10.3. The number of hydrogen-bond acceptors (Lipinski definition) is 4. The van der Waals surface area contributed by atoms with Gasteiger partial charge in [0.15, 0.2) is 0 Å². The fourth-order valence-corrected chi connectivity index (χ4v) is 0.810. The highest BCUT2D eigenvalue weighted by Crippen LogP contribution is 2.00. The first kappa shape index (κ1) is 10.4. The monoisotopic (exact) mass is 196 g/mol. The van der Waals surface area contributed by atoms with Gasteiger partial charge in [-0.3, -0.25) is 9.78 Å². The second-order valence-electron chi connectivity index (χ2n) is 2.93. The van der Waals surface area contributed by atoms with Gasteiger partial charge in [-0.25, -0.2) is 4.79 Å². The Kier molecular flexibility index (Phi) is 3.39. The zero-order valence-corrected chi connectivity index (χ0v) is 8.11. The Bertz CT molecular complexity index is 372. The highest BCUT2D eigenvalue weighted by atomic mass is 16.5. The maximum atomic E-state index is 11.3. The van der Waals surface area contributed by atoms with Gasteiger partial charge in [0, 0.05) is 0 Å². The maximum absolute atomic E-state index is 11.3. The number of carbonyl (C=O) groups excluding carboxylic acids is 1. The highest BCUT2D eigenvalue weighted by Gasteiger charge is 2.11. The number of nitrogens with one attached hydrogen (secondary N) is 1. The molecule has 14 heavy (non-hydrogen) atoms. The Morgan fingerprint density at radius 3 is 2.93 bits per heavy atom. The van der Waals surface area contributed by atoms with Crippen LogP contribution in [0.5, 0.6) is 0 Å². The Morgan fingerprint density at radius 1 is 1.64 bits per heavy atom. The van der Waals surface area contributed by atoms with E-state index in [0.717, 1.165) is 12.6 Å². The molecule has 1 unspecified atom stereocenters. The fourth-order valence-electron chi connectivity index (χ4n) is 0.810. The van der Waals surface area contributed by atoms with E-state index >= 15 is 0 Å². The van der Waals surface area contributed by atoms with Crippen molar-refractivity contribution < 1.29 is 9.53 Å². The van der Waals surface area contributed by atoms with Crippen LogP contribution >= 0.6 is 0 Å². The van der Waals surface area contributed by atoms with Crippen LogP contribution in [0, 0.1) is 0 Å². The van der Waals surface area contributed by atoms with Gasteiger partial charge in [-0.2, -0.15) is 0 Å². The number of nitrogens with zero attached hydrogens (tertiary/aromatic N) is 1. The normalized spacial score (nSPS) is 12.1. The minimum atomic E-state index is -0.551. The molecule has 1 N–H and O–H groups in total. The van der Waals surface area contributed by atoms with Crippen LogP contribution in [0.1, 0.15) is 30.8 Å². The number of carbonyl (C=O) groups is 1. The molecule has 0 aliphatic carbocycles. The van der Waals surface area contributed by atoms with Gasteiger partial charge in [-0.05, 0) is 13.3 Å². The Balaban J connectivity index is 2.75. The third-order valence-electron chi connectivity index (χ3n) is 1.76. The molecule has 1 atom stereocenters. The molecule has 0 aliphatic heterocycles. The van der Waals surface area contributed by atoms with Crippen LogP contribution in [0.2, 0.25) is 0 Å². The zero-order valence-electron chi connectivity index (χ0n) is 8.11. The Labute approximate surface area is 81.1 Å². The molecule has 1 rings (SSSR count). The molecule has 1 heterocycles. The Hall–Kier alpha value is -1.65. The molecular formula is C9H12N2O3. The SMILES string of the molecule is CCC(C)OC(=O)c1cncc(=O)[nH]1. The van der Waals surface area contributed by atoms with E-state index < -0.39 is 11.5 Å². The first-order valence-electron chi connectivity index (χ1n) is 4.38. The van der Waals surface area contributed by atoms with E-state index in [1.807, 2.05) is 6.92 Å². The molecule has 0 aromatic carbocycles. The van der Waals surface area contributed by atoms with E-state index in [4.69, 9.17) is 4.74 Å². The van der Waals surface area contributed by atoms with Gasteiger partial charge in [0.2, 0.25) is 0 Å². The summed E-state index contributed by atoms with van der Waals surface area (Å²) in [5, 5.41) is 0. The van der Waals surface area contributed by atoms with E-state index in [-0.39, 0.29) is 11.8 Å². The number of aromatic amines is 1. The molecule has 0 bridgehead atoms. The maximum Gasteiger partial charge on any atom is 0.356 e. The fraction of sp³-hybridized carbons (Fsp3) is 0.444. The van der Waals surface area contributed by atoms with Crippen molar-refractivity contribution in [2.45, 2.75) is 26.4 Å².